The van der Waals surface area contributed by atoms with E-state index in [1.54, 1.807) is 11.3 Å². The molecule has 0 saturated heterocycles. The van der Waals surface area contributed by atoms with Crippen LogP contribution in [0.5, 0.6) is 0 Å². The molecule has 0 amide bonds. The highest BCUT2D eigenvalue weighted by Gasteiger charge is 2.08. The van der Waals surface area contributed by atoms with Crippen molar-refractivity contribution in [2.75, 3.05) is 0 Å². The Morgan fingerprint density at radius 2 is 2.21 bits per heavy atom. The van der Waals surface area contributed by atoms with Gasteiger partial charge < -0.3 is 5.11 Å². The second-order valence-electron chi connectivity index (χ2n) is 3.51. The Balaban J connectivity index is 2.81. The molecule has 1 aromatic carbocycles. The Bertz CT molecular complexity index is 457. The number of thiophene rings is 1. The predicted octanol–water partition coefficient (Wildman–Crippen LogP) is 3.26. The fourth-order valence-corrected chi connectivity index (χ4v) is 3.09. The predicted molar refractivity (Wildman–Crippen MR) is 61.9 cm³/mol. The van der Waals surface area contributed by atoms with Gasteiger partial charge in [-0.05, 0) is 46.9 Å². The van der Waals surface area contributed by atoms with Gasteiger partial charge in [-0.1, -0.05) is 13.0 Å². The summed E-state index contributed by atoms with van der Waals surface area (Å²) in [6.45, 7) is 4.44. The number of aryl methyl sites for hydroxylation is 2. The normalized spacial score (nSPS) is 11.1. The summed E-state index contributed by atoms with van der Waals surface area (Å²) in [5.74, 6) is 0. The molecule has 0 saturated carbocycles. The van der Waals surface area contributed by atoms with Gasteiger partial charge in [0.05, 0.1) is 6.61 Å². The lowest BCUT2D eigenvalue weighted by Gasteiger charge is -2.08. The summed E-state index contributed by atoms with van der Waals surface area (Å²) in [5, 5.41) is 12.6. The van der Waals surface area contributed by atoms with Gasteiger partial charge in [-0.25, -0.2) is 0 Å². The van der Waals surface area contributed by atoms with Crippen molar-refractivity contribution in [3.8, 4) is 0 Å². The molecule has 0 spiro atoms. The van der Waals surface area contributed by atoms with Crippen molar-refractivity contribution in [3.63, 3.8) is 0 Å². The van der Waals surface area contributed by atoms with E-state index in [0.717, 1.165) is 12.0 Å². The van der Waals surface area contributed by atoms with E-state index in [4.69, 9.17) is 0 Å². The lowest BCUT2D eigenvalue weighted by Crippen LogP contribution is -1.92. The van der Waals surface area contributed by atoms with Gasteiger partial charge in [0.25, 0.3) is 0 Å². The Morgan fingerprint density at radius 1 is 1.43 bits per heavy atom. The maximum Gasteiger partial charge on any atom is 0.0688 e. The second kappa shape index (κ2) is 3.71. The Labute approximate surface area is 88.0 Å². The first-order valence-corrected chi connectivity index (χ1v) is 5.75. The van der Waals surface area contributed by atoms with Crippen LogP contribution in [0.4, 0.5) is 0 Å². The van der Waals surface area contributed by atoms with Crippen molar-refractivity contribution >= 4 is 21.4 Å². The van der Waals surface area contributed by atoms with E-state index in [-0.39, 0.29) is 6.61 Å². The first kappa shape index (κ1) is 9.69. The zero-order chi connectivity index (χ0) is 10.1. The fourth-order valence-electron chi connectivity index (χ4n) is 1.97. The first-order valence-electron chi connectivity index (χ1n) is 4.87. The zero-order valence-electron chi connectivity index (χ0n) is 8.50. The van der Waals surface area contributed by atoms with Crippen LogP contribution in [0.25, 0.3) is 10.1 Å². The molecule has 1 heterocycles. The summed E-state index contributed by atoms with van der Waals surface area (Å²) in [5.41, 5.74) is 3.77. The van der Waals surface area contributed by atoms with Gasteiger partial charge >= 0.3 is 0 Å². The lowest BCUT2D eigenvalue weighted by molar-refractivity contribution is 0.283. The van der Waals surface area contributed by atoms with Crippen LogP contribution in [0, 0.1) is 6.92 Å². The molecule has 2 rings (SSSR count). The summed E-state index contributed by atoms with van der Waals surface area (Å²) in [7, 11) is 0. The largest absolute Gasteiger partial charge is 0.392 e. The van der Waals surface area contributed by atoms with Gasteiger partial charge in [0.1, 0.15) is 0 Å². The molecule has 74 valence electrons. The van der Waals surface area contributed by atoms with E-state index in [1.807, 2.05) is 0 Å². The lowest BCUT2D eigenvalue weighted by atomic mass is 10.00. The number of benzene rings is 1. The zero-order valence-corrected chi connectivity index (χ0v) is 9.32. The Morgan fingerprint density at radius 3 is 2.86 bits per heavy atom. The van der Waals surface area contributed by atoms with Crippen molar-refractivity contribution in [1.29, 1.82) is 0 Å². The minimum absolute atomic E-state index is 0.137. The standard InChI is InChI=1S/C12H14OS/c1-3-10-8(2)6-9(7-13)11-4-5-14-12(10)11/h4-6,13H,3,7H2,1-2H3. The highest BCUT2D eigenvalue weighted by molar-refractivity contribution is 7.17. The molecular formula is C12H14OS. The molecular weight excluding hydrogens is 192 g/mol. The number of rotatable bonds is 2. The average Bonchev–Trinajstić information content (AvgIpc) is 2.65. The van der Waals surface area contributed by atoms with Crippen LogP contribution < -0.4 is 0 Å². The molecule has 14 heavy (non-hydrogen) atoms. The molecule has 1 aromatic heterocycles. The van der Waals surface area contributed by atoms with Gasteiger partial charge in [0.15, 0.2) is 0 Å². The molecule has 0 aliphatic carbocycles. The monoisotopic (exact) mass is 206 g/mol. The van der Waals surface area contributed by atoms with E-state index in [9.17, 15) is 5.11 Å². The number of aliphatic hydroxyl groups excluding tert-OH is 1. The quantitative estimate of drug-likeness (QED) is 0.799. The third kappa shape index (κ3) is 1.35. The minimum Gasteiger partial charge on any atom is -0.392 e. The van der Waals surface area contributed by atoms with Crippen LogP contribution in [0.3, 0.4) is 0 Å². The van der Waals surface area contributed by atoms with Gasteiger partial charge in [0.2, 0.25) is 0 Å². The van der Waals surface area contributed by atoms with Crippen molar-refractivity contribution < 1.29 is 5.11 Å². The summed E-state index contributed by atoms with van der Waals surface area (Å²) < 4.78 is 1.34. The van der Waals surface area contributed by atoms with Crippen LogP contribution in [-0.2, 0) is 13.0 Å². The van der Waals surface area contributed by atoms with E-state index in [2.05, 4.69) is 31.4 Å². The van der Waals surface area contributed by atoms with Crippen molar-refractivity contribution in [3.05, 3.63) is 34.2 Å². The number of fused-ring (bicyclic) bond motifs is 1. The first-order chi connectivity index (χ1) is 6.77. The van der Waals surface area contributed by atoms with Crippen LogP contribution in [0.2, 0.25) is 0 Å². The maximum atomic E-state index is 9.25. The molecule has 2 heteroatoms. The highest BCUT2D eigenvalue weighted by Crippen LogP contribution is 2.31. The van der Waals surface area contributed by atoms with Crippen molar-refractivity contribution in [2.45, 2.75) is 26.9 Å². The molecule has 1 N–H and O–H groups in total. The summed E-state index contributed by atoms with van der Waals surface area (Å²) in [6.07, 6.45) is 1.06. The van der Waals surface area contributed by atoms with E-state index < -0.39 is 0 Å². The average molecular weight is 206 g/mol. The maximum absolute atomic E-state index is 9.25. The minimum atomic E-state index is 0.137. The summed E-state index contributed by atoms with van der Waals surface area (Å²) in [4.78, 5) is 0. The van der Waals surface area contributed by atoms with Gasteiger partial charge in [-0.3, -0.25) is 0 Å². The summed E-state index contributed by atoms with van der Waals surface area (Å²) in [6, 6.07) is 4.21. The fraction of sp³-hybridized carbons (Fsp3) is 0.333. The van der Waals surface area contributed by atoms with Gasteiger partial charge in [-0.2, -0.15) is 0 Å². The van der Waals surface area contributed by atoms with E-state index in [0.29, 0.717) is 0 Å². The van der Waals surface area contributed by atoms with Gasteiger partial charge in [0, 0.05) is 4.70 Å². The molecule has 0 unspecified atom stereocenters. The number of aliphatic hydroxyl groups is 1. The third-order valence-corrected chi connectivity index (χ3v) is 3.65. The number of hydrogen-bond donors (Lipinski definition) is 1. The van der Waals surface area contributed by atoms with Crippen LogP contribution in [-0.4, -0.2) is 5.11 Å². The molecule has 0 aliphatic rings. The molecule has 1 nitrogen and oxygen atoms in total. The molecule has 0 fully saturated rings. The third-order valence-electron chi connectivity index (χ3n) is 2.68. The molecule has 0 bridgehead atoms. The summed E-state index contributed by atoms with van der Waals surface area (Å²) >= 11 is 1.77. The SMILES string of the molecule is CCc1c(C)cc(CO)c2ccsc12. The molecule has 2 aromatic rings. The van der Waals surface area contributed by atoms with Crippen LogP contribution in [0.1, 0.15) is 23.6 Å². The van der Waals surface area contributed by atoms with Gasteiger partial charge in [-0.15, -0.1) is 11.3 Å². The smallest absolute Gasteiger partial charge is 0.0688 e. The van der Waals surface area contributed by atoms with E-state index >= 15 is 0 Å². The number of hydrogen-bond acceptors (Lipinski definition) is 2. The Kier molecular flexibility index (Phi) is 2.57. The van der Waals surface area contributed by atoms with Crippen LogP contribution >= 0.6 is 11.3 Å². The molecule has 0 atom stereocenters. The molecule has 0 aliphatic heterocycles. The second-order valence-corrected chi connectivity index (χ2v) is 4.42. The van der Waals surface area contributed by atoms with Crippen molar-refractivity contribution in [2.24, 2.45) is 0 Å². The topological polar surface area (TPSA) is 20.2 Å². The van der Waals surface area contributed by atoms with Crippen molar-refractivity contribution in [1.82, 2.24) is 0 Å². The molecule has 0 radical (unpaired) electrons. The highest BCUT2D eigenvalue weighted by atomic mass is 32.1. The van der Waals surface area contributed by atoms with Crippen LogP contribution in [0.15, 0.2) is 17.5 Å². The van der Waals surface area contributed by atoms with E-state index in [1.165, 1.54) is 21.2 Å². The Hall–Kier alpha value is -0.860.